The second-order valence-electron chi connectivity index (χ2n) is 0.895. The van der Waals surface area contributed by atoms with Crippen molar-refractivity contribution in [3.63, 3.8) is 0 Å². The van der Waals surface area contributed by atoms with Gasteiger partial charge in [-0.25, -0.2) is 4.63 Å². The minimum absolute atomic E-state index is 0.468. The van der Waals surface area contributed by atoms with Crippen molar-refractivity contribution in [2.45, 2.75) is 0 Å². The molecule has 0 bridgehead atoms. The zero-order chi connectivity index (χ0) is 5.11. The summed E-state index contributed by atoms with van der Waals surface area (Å²) in [5.41, 5.74) is 0.468. The molecule has 0 spiro atoms. The van der Waals surface area contributed by atoms with Crippen LogP contribution >= 0.6 is 12.2 Å². The summed E-state index contributed by atoms with van der Waals surface area (Å²) in [5, 5.41) is 8.93. The van der Waals surface area contributed by atoms with Crippen LogP contribution in [0.2, 0.25) is 0 Å². The van der Waals surface area contributed by atoms with Gasteiger partial charge in [-0.3, -0.25) is 0 Å². The Morgan fingerprint density at radius 3 is 3.00 bits per heavy atom. The monoisotopic (exact) mass is 113 g/mol. The molecule has 4 heteroatoms. The molecule has 0 fully saturated rings. The summed E-state index contributed by atoms with van der Waals surface area (Å²) in [5.74, 6) is 0. The molecule has 35 valence electrons. The molecule has 0 aliphatic rings. The SMILES string of the molecule is S=[C]c1cnon1. The summed E-state index contributed by atoms with van der Waals surface area (Å²) in [6.07, 6.45) is 1.40. The molecule has 1 aromatic rings. The fourth-order valence-electron chi connectivity index (χ4n) is 0.210. The summed E-state index contributed by atoms with van der Waals surface area (Å²) < 4.78 is 4.18. The minimum Gasteiger partial charge on any atom is -0.244 e. The number of aromatic nitrogens is 2. The van der Waals surface area contributed by atoms with Crippen LogP contribution < -0.4 is 0 Å². The third kappa shape index (κ3) is 0.806. The smallest absolute Gasteiger partial charge is 0.147 e. The maximum absolute atomic E-state index is 4.36. The number of rotatable bonds is 1. The molecule has 0 aliphatic heterocycles. The Kier molecular flexibility index (Phi) is 1.12. The summed E-state index contributed by atoms with van der Waals surface area (Å²) in [6, 6.07) is 0. The van der Waals surface area contributed by atoms with Gasteiger partial charge in [0.1, 0.15) is 11.9 Å². The van der Waals surface area contributed by atoms with Gasteiger partial charge in [-0.05, 0) is 5.16 Å². The summed E-state index contributed by atoms with van der Waals surface area (Å²) in [6.45, 7) is 0. The van der Waals surface area contributed by atoms with Crippen molar-refractivity contribution in [3.8, 4) is 0 Å². The highest BCUT2D eigenvalue weighted by molar-refractivity contribution is 7.79. The third-order valence-corrected chi connectivity index (χ3v) is 0.675. The van der Waals surface area contributed by atoms with Crippen LogP contribution in [0.25, 0.3) is 0 Å². The molecule has 0 aromatic carbocycles. The Morgan fingerprint density at radius 2 is 2.71 bits per heavy atom. The second kappa shape index (κ2) is 1.79. The van der Waals surface area contributed by atoms with Crippen LogP contribution in [0.15, 0.2) is 10.8 Å². The molecule has 3 nitrogen and oxygen atoms in total. The minimum atomic E-state index is 0.468. The lowest BCUT2D eigenvalue weighted by Gasteiger charge is -1.60. The molecule has 1 rings (SSSR count). The highest BCUT2D eigenvalue weighted by Gasteiger charge is 1.86. The normalized spacial score (nSPS) is 8.57. The van der Waals surface area contributed by atoms with Crippen molar-refractivity contribution in [1.29, 1.82) is 0 Å². The molecule has 0 atom stereocenters. The predicted molar refractivity (Wildman–Crippen MR) is 26.0 cm³/mol. The van der Waals surface area contributed by atoms with E-state index in [0.717, 1.165) is 0 Å². The molecule has 0 saturated carbocycles. The first kappa shape index (κ1) is 4.39. The van der Waals surface area contributed by atoms with E-state index in [9.17, 15) is 0 Å². The quantitative estimate of drug-likeness (QED) is 0.491. The van der Waals surface area contributed by atoms with Crippen LogP contribution in [-0.4, -0.2) is 15.7 Å². The number of hydrogen-bond acceptors (Lipinski definition) is 4. The van der Waals surface area contributed by atoms with E-state index in [1.807, 2.05) is 0 Å². The van der Waals surface area contributed by atoms with Crippen LogP contribution in [-0.2, 0) is 0 Å². The second-order valence-corrected chi connectivity index (χ2v) is 1.10. The zero-order valence-corrected chi connectivity index (χ0v) is 4.10. The van der Waals surface area contributed by atoms with Crippen molar-refractivity contribution in [2.24, 2.45) is 0 Å². The molecule has 1 aromatic heterocycles. The Balaban J connectivity index is 2.96. The van der Waals surface area contributed by atoms with E-state index >= 15 is 0 Å². The Hall–Kier alpha value is -0.770. The van der Waals surface area contributed by atoms with Crippen LogP contribution in [0.5, 0.6) is 0 Å². The maximum atomic E-state index is 4.36. The molecule has 0 N–H and O–H groups in total. The average Bonchev–Trinajstić information content (AvgIpc) is 2.14. The van der Waals surface area contributed by atoms with E-state index in [4.69, 9.17) is 0 Å². The van der Waals surface area contributed by atoms with Crippen LogP contribution in [0.3, 0.4) is 0 Å². The lowest BCUT2D eigenvalue weighted by molar-refractivity contribution is 0.306. The number of hydrogen-bond donors (Lipinski definition) is 0. The van der Waals surface area contributed by atoms with Gasteiger partial charge in [0, 0.05) is 0 Å². The van der Waals surface area contributed by atoms with E-state index in [1.54, 1.807) is 0 Å². The molecule has 0 saturated heterocycles. The van der Waals surface area contributed by atoms with Crippen LogP contribution in [0.4, 0.5) is 0 Å². The van der Waals surface area contributed by atoms with Gasteiger partial charge < -0.3 is 0 Å². The van der Waals surface area contributed by atoms with E-state index < -0.39 is 0 Å². The van der Waals surface area contributed by atoms with Crippen molar-refractivity contribution in [1.82, 2.24) is 10.3 Å². The maximum Gasteiger partial charge on any atom is 0.147 e. The van der Waals surface area contributed by atoms with E-state index in [0.29, 0.717) is 5.69 Å². The highest BCUT2D eigenvalue weighted by atomic mass is 32.1. The first-order valence-electron chi connectivity index (χ1n) is 1.59. The number of nitrogens with zero attached hydrogens (tertiary/aromatic N) is 2. The van der Waals surface area contributed by atoms with Gasteiger partial charge in [0.05, 0.1) is 5.37 Å². The topological polar surface area (TPSA) is 38.9 Å². The first-order chi connectivity index (χ1) is 3.43. The predicted octanol–water partition coefficient (Wildman–Crippen LogP) is 0.294. The van der Waals surface area contributed by atoms with Gasteiger partial charge in [-0.1, -0.05) is 17.4 Å². The summed E-state index contributed by atoms with van der Waals surface area (Å²) in [7, 11) is 0. The fourth-order valence-corrected chi connectivity index (χ4v) is 0.300. The molecule has 0 aliphatic carbocycles. The first-order valence-corrected chi connectivity index (χ1v) is 2.00. The van der Waals surface area contributed by atoms with Crippen molar-refractivity contribution < 1.29 is 4.63 Å². The molecule has 7 heavy (non-hydrogen) atoms. The van der Waals surface area contributed by atoms with Crippen molar-refractivity contribution in [3.05, 3.63) is 11.9 Å². The van der Waals surface area contributed by atoms with Gasteiger partial charge in [0.25, 0.3) is 0 Å². The molecule has 1 radical (unpaired) electrons. The Morgan fingerprint density at radius 1 is 1.86 bits per heavy atom. The summed E-state index contributed by atoms with van der Waals surface area (Å²) >= 11 is 4.36. The fraction of sp³-hybridized carbons (Fsp3) is 0. The molecule has 0 amide bonds. The molecule has 0 unspecified atom stereocenters. The summed E-state index contributed by atoms with van der Waals surface area (Å²) in [4.78, 5) is 0. The van der Waals surface area contributed by atoms with Crippen molar-refractivity contribution >= 4 is 17.6 Å². The van der Waals surface area contributed by atoms with E-state index in [-0.39, 0.29) is 0 Å². The van der Waals surface area contributed by atoms with Gasteiger partial charge in [-0.2, -0.15) is 0 Å². The Bertz CT molecular complexity index is 148. The van der Waals surface area contributed by atoms with Gasteiger partial charge in [0.15, 0.2) is 0 Å². The largest absolute Gasteiger partial charge is 0.244 e. The number of thiocarbonyl (C=S) groups is 1. The van der Waals surface area contributed by atoms with Gasteiger partial charge >= 0.3 is 0 Å². The highest BCUT2D eigenvalue weighted by Crippen LogP contribution is 1.81. The average molecular weight is 113 g/mol. The van der Waals surface area contributed by atoms with Gasteiger partial charge in [-0.15, -0.1) is 0 Å². The van der Waals surface area contributed by atoms with Gasteiger partial charge in [0.2, 0.25) is 0 Å². The Labute approximate surface area is 45.3 Å². The lowest BCUT2D eigenvalue weighted by Crippen LogP contribution is -1.70. The van der Waals surface area contributed by atoms with E-state index in [1.165, 1.54) is 6.20 Å². The lowest BCUT2D eigenvalue weighted by atomic mass is 10.6. The van der Waals surface area contributed by atoms with E-state index in [2.05, 4.69) is 32.5 Å². The molecule has 1 heterocycles. The van der Waals surface area contributed by atoms with Crippen LogP contribution in [0, 0.1) is 0 Å². The zero-order valence-electron chi connectivity index (χ0n) is 3.29. The standard InChI is InChI=1S/C3HN2OS/c7-2-3-1-4-6-5-3/h1H. The molecular formula is C3HN2OS. The third-order valence-electron chi connectivity index (χ3n) is 0.466. The molecular weight excluding hydrogens is 112 g/mol. The van der Waals surface area contributed by atoms with Crippen LogP contribution in [0.1, 0.15) is 5.69 Å². The van der Waals surface area contributed by atoms with Crippen molar-refractivity contribution in [2.75, 3.05) is 0 Å².